The SMILES string of the molecule is CCN(CCC(=O)O)C(=O)c1cc([N+](=O)[O-])ccc1F. The number of benzene rings is 1. The van der Waals surface area contributed by atoms with Gasteiger partial charge in [-0.25, -0.2) is 4.39 Å². The van der Waals surface area contributed by atoms with E-state index >= 15 is 0 Å². The van der Waals surface area contributed by atoms with Gasteiger partial charge in [0.1, 0.15) is 5.82 Å². The highest BCUT2D eigenvalue weighted by Gasteiger charge is 2.21. The molecule has 1 N–H and O–H groups in total. The van der Waals surface area contributed by atoms with Crippen molar-refractivity contribution in [2.75, 3.05) is 13.1 Å². The Morgan fingerprint density at radius 1 is 1.45 bits per heavy atom. The van der Waals surface area contributed by atoms with Crippen LogP contribution in [-0.4, -0.2) is 39.9 Å². The molecular formula is C12H13FN2O5. The van der Waals surface area contributed by atoms with Crippen LogP contribution in [0.5, 0.6) is 0 Å². The standard InChI is InChI=1S/C12H13FN2O5/c1-2-14(6-5-11(16)17)12(18)9-7-8(15(19)20)3-4-10(9)13/h3-4,7H,2,5-6H2,1H3,(H,16,17). The summed E-state index contributed by atoms with van der Waals surface area (Å²) in [5.74, 6) is -2.74. The Hall–Kier alpha value is -2.51. The first-order valence-electron chi connectivity index (χ1n) is 5.81. The van der Waals surface area contributed by atoms with E-state index in [2.05, 4.69) is 0 Å². The summed E-state index contributed by atoms with van der Waals surface area (Å²) in [4.78, 5) is 33.6. The third-order valence-corrected chi connectivity index (χ3v) is 2.66. The molecule has 1 aromatic rings. The second kappa shape index (κ2) is 6.60. The molecule has 0 aromatic heterocycles. The zero-order chi connectivity index (χ0) is 15.3. The Kier molecular flexibility index (Phi) is 5.13. The second-order valence-electron chi connectivity index (χ2n) is 3.95. The first-order valence-corrected chi connectivity index (χ1v) is 5.81. The number of hydrogen-bond acceptors (Lipinski definition) is 4. The van der Waals surface area contributed by atoms with Crippen molar-refractivity contribution in [2.24, 2.45) is 0 Å². The lowest BCUT2D eigenvalue weighted by Gasteiger charge is -2.20. The van der Waals surface area contributed by atoms with Crippen molar-refractivity contribution in [3.63, 3.8) is 0 Å². The molecule has 0 atom stereocenters. The van der Waals surface area contributed by atoms with Gasteiger partial charge in [-0.3, -0.25) is 19.7 Å². The number of carboxylic acid groups (broad SMARTS) is 1. The van der Waals surface area contributed by atoms with Crippen molar-refractivity contribution >= 4 is 17.6 Å². The van der Waals surface area contributed by atoms with Crippen LogP contribution in [0.15, 0.2) is 18.2 Å². The molecule has 108 valence electrons. The first kappa shape index (κ1) is 15.5. The quantitative estimate of drug-likeness (QED) is 0.632. The molecule has 0 aliphatic carbocycles. The summed E-state index contributed by atoms with van der Waals surface area (Å²) in [5, 5.41) is 19.2. The van der Waals surface area contributed by atoms with E-state index in [1.54, 1.807) is 6.92 Å². The molecule has 0 radical (unpaired) electrons. The summed E-state index contributed by atoms with van der Waals surface area (Å²) in [6.45, 7) is 1.69. The van der Waals surface area contributed by atoms with E-state index in [1.165, 1.54) is 0 Å². The average Bonchev–Trinajstić information content (AvgIpc) is 2.39. The molecule has 0 saturated carbocycles. The van der Waals surface area contributed by atoms with E-state index in [4.69, 9.17) is 5.11 Å². The number of nitro benzene ring substituents is 1. The smallest absolute Gasteiger partial charge is 0.305 e. The topological polar surface area (TPSA) is 101 Å². The first-order chi connectivity index (χ1) is 9.36. The summed E-state index contributed by atoms with van der Waals surface area (Å²) in [6, 6.07) is 2.65. The van der Waals surface area contributed by atoms with Crippen LogP contribution in [0.25, 0.3) is 0 Å². The van der Waals surface area contributed by atoms with Crippen LogP contribution in [0.2, 0.25) is 0 Å². The number of non-ortho nitro benzene ring substituents is 1. The van der Waals surface area contributed by atoms with Gasteiger partial charge in [-0.05, 0) is 13.0 Å². The molecule has 8 heteroatoms. The number of carbonyl (C=O) groups excluding carboxylic acids is 1. The molecule has 1 aromatic carbocycles. The zero-order valence-corrected chi connectivity index (χ0v) is 10.7. The number of aliphatic carboxylic acids is 1. The number of amides is 1. The second-order valence-corrected chi connectivity index (χ2v) is 3.95. The monoisotopic (exact) mass is 284 g/mol. The Labute approximate surface area is 113 Å². The lowest BCUT2D eigenvalue weighted by atomic mass is 10.1. The highest BCUT2D eigenvalue weighted by Crippen LogP contribution is 2.18. The minimum absolute atomic E-state index is 0.0905. The van der Waals surface area contributed by atoms with Gasteiger partial charge in [0.15, 0.2) is 0 Å². The van der Waals surface area contributed by atoms with Gasteiger partial charge in [0, 0.05) is 25.2 Å². The maximum Gasteiger partial charge on any atom is 0.305 e. The summed E-state index contributed by atoms with van der Waals surface area (Å²) >= 11 is 0. The number of nitrogens with zero attached hydrogens (tertiary/aromatic N) is 2. The van der Waals surface area contributed by atoms with Gasteiger partial charge in [-0.1, -0.05) is 0 Å². The summed E-state index contributed by atoms with van der Waals surface area (Å²) in [7, 11) is 0. The average molecular weight is 284 g/mol. The molecule has 1 rings (SSSR count). The fourth-order valence-electron chi connectivity index (χ4n) is 1.59. The van der Waals surface area contributed by atoms with Gasteiger partial charge in [0.25, 0.3) is 11.6 Å². The molecule has 0 saturated heterocycles. The van der Waals surface area contributed by atoms with Crippen LogP contribution < -0.4 is 0 Å². The number of rotatable bonds is 6. The van der Waals surface area contributed by atoms with Gasteiger partial charge in [-0.2, -0.15) is 0 Å². The van der Waals surface area contributed by atoms with E-state index in [0.29, 0.717) is 0 Å². The maximum atomic E-state index is 13.6. The molecule has 0 aliphatic heterocycles. The highest BCUT2D eigenvalue weighted by molar-refractivity contribution is 5.95. The van der Waals surface area contributed by atoms with E-state index in [0.717, 1.165) is 23.1 Å². The highest BCUT2D eigenvalue weighted by atomic mass is 19.1. The normalized spacial score (nSPS) is 10.1. The van der Waals surface area contributed by atoms with Crippen molar-refractivity contribution in [2.45, 2.75) is 13.3 Å². The fourth-order valence-corrected chi connectivity index (χ4v) is 1.59. The molecule has 0 spiro atoms. The molecule has 20 heavy (non-hydrogen) atoms. The van der Waals surface area contributed by atoms with E-state index in [1.807, 2.05) is 0 Å². The van der Waals surface area contributed by atoms with Gasteiger partial charge >= 0.3 is 5.97 Å². The molecule has 0 bridgehead atoms. The Morgan fingerprint density at radius 2 is 2.10 bits per heavy atom. The van der Waals surface area contributed by atoms with Crippen LogP contribution in [0.3, 0.4) is 0 Å². The third-order valence-electron chi connectivity index (χ3n) is 2.66. The third kappa shape index (κ3) is 3.74. The molecule has 0 aliphatic rings. The van der Waals surface area contributed by atoms with Crippen LogP contribution in [0.1, 0.15) is 23.7 Å². The number of halogens is 1. The lowest BCUT2D eigenvalue weighted by Crippen LogP contribution is -2.33. The molecule has 0 fully saturated rings. The van der Waals surface area contributed by atoms with E-state index < -0.39 is 33.9 Å². The number of hydrogen-bond donors (Lipinski definition) is 1. The summed E-state index contributed by atoms with van der Waals surface area (Å²) in [6.07, 6.45) is -0.282. The van der Waals surface area contributed by atoms with Gasteiger partial charge in [-0.15, -0.1) is 0 Å². The zero-order valence-electron chi connectivity index (χ0n) is 10.7. The lowest BCUT2D eigenvalue weighted by molar-refractivity contribution is -0.384. The van der Waals surface area contributed by atoms with Crippen LogP contribution in [-0.2, 0) is 4.79 Å². The molecule has 0 unspecified atom stereocenters. The number of nitro groups is 1. The van der Waals surface area contributed by atoms with Crippen molar-refractivity contribution in [1.82, 2.24) is 4.90 Å². The van der Waals surface area contributed by atoms with E-state index in [9.17, 15) is 24.1 Å². The van der Waals surface area contributed by atoms with Crippen LogP contribution in [0, 0.1) is 15.9 Å². The largest absolute Gasteiger partial charge is 0.481 e. The van der Waals surface area contributed by atoms with Crippen LogP contribution >= 0.6 is 0 Å². The van der Waals surface area contributed by atoms with Crippen molar-refractivity contribution in [3.8, 4) is 0 Å². The van der Waals surface area contributed by atoms with Gasteiger partial charge in [0.05, 0.1) is 16.9 Å². The molecule has 1 amide bonds. The van der Waals surface area contributed by atoms with Crippen molar-refractivity contribution in [3.05, 3.63) is 39.7 Å². The number of carboxylic acids is 1. The summed E-state index contributed by atoms with van der Waals surface area (Å²) in [5.41, 5.74) is -0.838. The van der Waals surface area contributed by atoms with Crippen LogP contribution in [0.4, 0.5) is 10.1 Å². The Morgan fingerprint density at radius 3 is 2.60 bits per heavy atom. The minimum Gasteiger partial charge on any atom is -0.481 e. The Bertz CT molecular complexity index is 547. The van der Waals surface area contributed by atoms with Gasteiger partial charge < -0.3 is 10.0 Å². The number of carbonyl (C=O) groups is 2. The van der Waals surface area contributed by atoms with Crippen molar-refractivity contribution in [1.29, 1.82) is 0 Å². The van der Waals surface area contributed by atoms with Gasteiger partial charge in [0.2, 0.25) is 0 Å². The molecule has 7 nitrogen and oxygen atoms in total. The van der Waals surface area contributed by atoms with Crippen molar-refractivity contribution < 1.29 is 24.0 Å². The predicted molar refractivity (Wildman–Crippen MR) is 66.9 cm³/mol. The fraction of sp³-hybridized carbons (Fsp3) is 0.333. The predicted octanol–water partition coefficient (Wildman–Crippen LogP) is 1.67. The Balaban J connectivity index is 3.02. The molecular weight excluding hydrogens is 271 g/mol. The maximum absolute atomic E-state index is 13.6. The summed E-state index contributed by atoms with van der Waals surface area (Å²) < 4.78 is 13.6. The molecule has 0 heterocycles. The minimum atomic E-state index is -1.09. The van der Waals surface area contributed by atoms with E-state index in [-0.39, 0.29) is 19.5 Å².